The monoisotopic (exact) mass is 623 g/mol. The summed E-state index contributed by atoms with van der Waals surface area (Å²) in [6.07, 6.45) is 3.56. The fourth-order valence-electron chi connectivity index (χ4n) is 6.71. The lowest BCUT2D eigenvalue weighted by atomic mass is 9.66. The summed E-state index contributed by atoms with van der Waals surface area (Å²) >= 11 is -1.41. The number of alkyl halides is 2. The lowest BCUT2D eigenvalue weighted by molar-refractivity contribution is -0.0507. The number of imidazole rings is 1. The quantitative estimate of drug-likeness (QED) is 0.245. The molecule has 1 aliphatic carbocycles. The van der Waals surface area contributed by atoms with Crippen LogP contribution in [0.1, 0.15) is 86.5 Å². The first-order valence-electron chi connectivity index (χ1n) is 14.6. The molecule has 0 radical (unpaired) electrons. The van der Waals surface area contributed by atoms with Gasteiger partial charge in [-0.1, -0.05) is 19.1 Å². The summed E-state index contributed by atoms with van der Waals surface area (Å²) in [4.78, 5) is 22.4. The van der Waals surface area contributed by atoms with E-state index in [0.29, 0.717) is 40.9 Å². The first kappa shape index (κ1) is 29.1. The molecule has 44 heavy (non-hydrogen) atoms. The first-order valence-corrected chi connectivity index (χ1v) is 15.8. The van der Waals surface area contributed by atoms with Gasteiger partial charge in [0.25, 0.3) is 5.91 Å². The lowest BCUT2D eigenvalue weighted by Gasteiger charge is -2.48. The van der Waals surface area contributed by atoms with E-state index < -0.39 is 46.2 Å². The zero-order valence-corrected chi connectivity index (χ0v) is 25.5. The predicted octanol–water partition coefficient (Wildman–Crippen LogP) is 6.29. The molecule has 1 saturated carbocycles. The van der Waals surface area contributed by atoms with E-state index in [1.54, 1.807) is 12.3 Å². The molecule has 1 fully saturated rings. The van der Waals surface area contributed by atoms with Gasteiger partial charge in [-0.2, -0.15) is 8.78 Å². The van der Waals surface area contributed by atoms with Gasteiger partial charge in [0.05, 0.1) is 23.1 Å². The molecular weight excluding hydrogens is 591 g/mol. The molecule has 230 valence electrons. The Bertz CT molecular complexity index is 1810. The first-order chi connectivity index (χ1) is 20.9. The van der Waals surface area contributed by atoms with Crippen LogP contribution < -0.4 is 14.8 Å². The van der Waals surface area contributed by atoms with Crippen molar-refractivity contribution in [3.63, 3.8) is 0 Å². The molecule has 2 aromatic carbocycles. The summed E-state index contributed by atoms with van der Waals surface area (Å²) < 4.78 is 65.1. The van der Waals surface area contributed by atoms with E-state index in [9.17, 15) is 18.1 Å². The van der Waals surface area contributed by atoms with E-state index in [1.807, 2.05) is 50.5 Å². The minimum Gasteiger partial charge on any atom is -0.598 e. The van der Waals surface area contributed by atoms with Crippen molar-refractivity contribution in [2.75, 3.05) is 0 Å². The van der Waals surface area contributed by atoms with Crippen molar-refractivity contribution in [1.29, 1.82) is 0 Å². The maximum absolute atomic E-state index is 15.9. The summed E-state index contributed by atoms with van der Waals surface area (Å²) in [7, 11) is 0. The van der Waals surface area contributed by atoms with Crippen LogP contribution in [0.25, 0.3) is 22.2 Å². The van der Waals surface area contributed by atoms with Crippen molar-refractivity contribution < 1.29 is 27.3 Å². The summed E-state index contributed by atoms with van der Waals surface area (Å²) in [6.45, 7) is 4.58. The zero-order valence-electron chi connectivity index (χ0n) is 24.7. The third-order valence-electron chi connectivity index (χ3n) is 9.21. The fraction of sp³-hybridized carbons (Fsp3) is 0.406. The average molecular weight is 624 g/mol. The van der Waals surface area contributed by atoms with E-state index in [-0.39, 0.29) is 28.8 Å². The fourth-order valence-corrected chi connectivity index (χ4v) is 7.74. The Labute approximate surface area is 255 Å². The van der Waals surface area contributed by atoms with E-state index >= 15 is 4.39 Å². The Hall–Kier alpha value is -3.61. The van der Waals surface area contributed by atoms with Crippen molar-refractivity contribution in [2.24, 2.45) is 5.92 Å². The number of nitrogens with zero attached hydrogens (tertiary/aromatic N) is 3. The van der Waals surface area contributed by atoms with Crippen molar-refractivity contribution in [1.82, 2.24) is 24.6 Å². The average Bonchev–Trinajstić information content (AvgIpc) is 3.46. The molecule has 7 rings (SSSR count). The summed E-state index contributed by atoms with van der Waals surface area (Å²) in [5.41, 5.74) is 2.72. The molecule has 2 bridgehead atoms. The molecule has 4 aromatic rings. The molecule has 0 saturated heterocycles. The maximum atomic E-state index is 15.9. The highest BCUT2D eigenvalue weighted by Gasteiger charge is 2.53. The van der Waals surface area contributed by atoms with Crippen LogP contribution in [0.2, 0.25) is 0 Å². The number of hydrogen-bond acceptors (Lipinski definition) is 6. The van der Waals surface area contributed by atoms with Crippen molar-refractivity contribution >= 4 is 28.3 Å². The number of hydrogen-bond donors (Lipinski definition) is 2. The molecule has 2 aliphatic heterocycles. The van der Waals surface area contributed by atoms with E-state index in [0.717, 1.165) is 11.9 Å². The molecular formula is C32H32F3N5O3S. The zero-order chi connectivity index (χ0) is 31.1. The number of benzene rings is 2. The molecule has 2 N–H and O–H groups in total. The van der Waals surface area contributed by atoms with E-state index in [2.05, 4.69) is 15.0 Å². The highest BCUT2D eigenvalue weighted by Crippen LogP contribution is 2.49. The Kier molecular flexibility index (Phi) is 6.76. The van der Waals surface area contributed by atoms with E-state index in [1.165, 1.54) is 18.2 Å². The minimum absolute atomic E-state index is 0.0498. The van der Waals surface area contributed by atoms with Gasteiger partial charge in [-0.15, -0.1) is 4.72 Å². The second-order valence-electron chi connectivity index (χ2n) is 12.9. The molecule has 1 amide bonds. The lowest BCUT2D eigenvalue weighted by Crippen LogP contribution is -2.60. The highest BCUT2D eigenvalue weighted by molar-refractivity contribution is 7.90. The second-order valence-corrected chi connectivity index (χ2v) is 14.8. The molecule has 3 aliphatic rings. The Morgan fingerprint density at radius 3 is 2.66 bits per heavy atom. The van der Waals surface area contributed by atoms with Gasteiger partial charge in [-0.25, -0.2) is 9.37 Å². The Morgan fingerprint density at radius 1 is 1.20 bits per heavy atom. The molecule has 0 spiro atoms. The minimum atomic E-state index is -3.05. The predicted molar refractivity (Wildman–Crippen MR) is 160 cm³/mol. The van der Waals surface area contributed by atoms with Crippen LogP contribution in [-0.4, -0.2) is 36.4 Å². The van der Waals surface area contributed by atoms with Crippen LogP contribution in [0, 0.1) is 11.7 Å². The molecule has 0 unspecified atom stereocenters. The number of fused-ring (bicyclic) bond motifs is 9. The Morgan fingerprint density at radius 2 is 2.00 bits per heavy atom. The van der Waals surface area contributed by atoms with Gasteiger partial charge in [0.1, 0.15) is 33.4 Å². The summed E-state index contributed by atoms with van der Waals surface area (Å²) in [6, 6.07) is 10.7. The number of rotatable bonds is 6. The molecule has 4 heterocycles. The number of pyridine rings is 1. The number of aromatic nitrogens is 3. The van der Waals surface area contributed by atoms with Crippen molar-refractivity contribution in [2.45, 2.75) is 75.9 Å². The number of amides is 1. The van der Waals surface area contributed by atoms with Crippen LogP contribution in [-0.2, 0) is 16.9 Å². The molecule has 8 nitrogen and oxygen atoms in total. The molecule has 5 atom stereocenters. The number of ether oxygens (including phenoxy) is 1. The standard InChI is InChI=1S/C32H32F3N5O3S/c1-16-10-11-32(16,39-44(42)31(2,3)4)27-20(33)12-18(15-36-27)17-8-9-21-23(13-17)40-24-14-22(28(40)37-21)38-29(41)19-6-5-7-25(26(19)24)43-30(34)35/h5-9,12-13,15-16,22,24,30,39H,10-11,14H2,1-4H3,(H,38,41)/t16-,22-,24+,32+,44+/m1/s1. The molecule has 12 heteroatoms. The van der Waals surface area contributed by atoms with Gasteiger partial charge < -0.3 is 19.2 Å². The van der Waals surface area contributed by atoms with E-state index in [4.69, 9.17) is 9.72 Å². The van der Waals surface area contributed by atoms with Crippen LogP contribution in [0.4, 0.5) is 13.2 Å². The van der Waals surface area contributed by atoms with Crippen molar-refractivity contribution in [3.05, 3.63) is 77.1 Å². The maximum Gasteiger partial charge on any atom is 0.387 e. The van der Waals surface area contributed by atoms with Gasteiger partial charge in [0.15, 0.2) is 0 Å². The van der Waals surface area contributed by atoms with Gasteiger partial charge in [0.2, 0.25) is 0 Å². The SMILES string of the molecule is C[C@@H]1CC[C@@]1(N[S@@+]([O-])C(C)(C)C)c1ncc(-c2ccc3nc4n(c3c2)[C@H]2C[C@H]4NC(=O)c3cccc(OC(F)F)c32)cc1F. The third kappa shape index (κ3) is 4.49. The number of nitrogens with one attached hydrogen (secondary N) is 2. The topological polar surface area (TPSA) is 104 Å². The third-order valence-corrected chi connectivity index (χ3v) is 10.9. The van der Waals surface area contributed by atoms with Crippen molar-refractivity contribution in [3.8, 4) is 16.9 Å². The number of halogens is 3. The number of carbonyl (C=O) groups is 1. The van der Waals surface area contributed by atoms with Crippen LogP contribution in [0.5, 0.6) is 5.75 Å². The smallest absolute Gasteiger partial charge is 0.387 e. The van der Waals surface area contributed by atoms with Gasteiger partial charge >= 0.3 is 6.61 Å². The van der Waals surface area contributed by atoms with Crippen LogP contribution in [0.15, 0.2) is 48.7 Å². The van der Waals surface area contributed by atoms with Gasteiger partial charge in [0, 0.05) is 34.2 Å². The summed E-state index contributed by atoms with van der Waals surface area (Å²) in [5.74, 6) is -0.230. The Balaban J connectivity index is 1.29. The van der Waals surface area contributed by atoms with Crippen LogP contribution >= 0.6 is 0 Å². The molecule has 2 aromatic heterocycles. The number of carbonyl (C=O) groups excluding carboxylic acids is 1. The second kappa shape index (κ2) is 10.2. The largest absolute Gasteiger partial charge is 0.598 e. The highest BCUT2D eigenvalue weighted by atomic mass is 32.2. The van der Waals surface area contributed by atoms with Gasteiger partial charge in [-0.3, -0.25) is 9.78 Å². The van der Waals surface area contributed by atoms with Crippen LogP contribution in [0.3, 0.4) is 0 Å². The summed E-state index contributed by atoms with van der Waals surface area (Å²) in [5, 5.41) is 2.98. The van der Waals surface area contributed by atoms with Gasteiger partial charge in [-0.05, 0) is 81.8 Å². The normalized spacial score (nSPS) is 24.8.